The zero-order valence-electron chi connectivity index (χ0n) is 11.4. The molecule has 0 aliphatic heterocycles. The molecule has 0 spiro atoms. The van der Waals surface area contributed by atoms with Crippen LogP contribution < -0.4 is 10.2 Å². The third-order valence-corrected chi connectivity index (χ3v) is 4.17. The van der Waals surface area contributed by atoms with Gasteiger partial charge in [-0.05, 0) is 25.1 Å². The van der Waals surface area contributed by atoms with Crippen molar-refractivity contribution in [3.8, 4) is 0 Å². The fourth-order valence-corrected chi connectivity index (χ4v) is 3.12. The van der Waals surface area contributed by atoms with E-state index in [1.165, 1.54) is 11.3 Å². The fraction of sp³-hybridized carbons (Fsp3) is 0.286. The number of halogens is 1. The number of hydrogen-bond acceptors (Lipinski definition) is 4. The van der Waals surface area contributed by atoms with E-state index in [4.69, 9.17) is 0 Å². The molecule has 20 heavy (non-hydrogen) atoms. The summed E-state index contributed by atoms with van der Waals surface area (Å²) in [5.41, 5.74) is 1.97. The Kier molecular flexibility index (Phi) is 5.14. The number of aromatic nitrogens is 1. The second-order valence-corrected chi connectivity index (χ2v) is 6.00. The summed E-state index contributed by atoms with van der Waals surface area (Å²) in [6, 6.07) is 7.98. The SMILES string of the molecule is CCN(C(C)=O)c1nc(CNc2cccc(Br)c2)cs1. The monoisotopic (exact) mass is 353 g/mol. The van der Waals surface area contributed by atoms with Crippen molar-refractivity contribution >= 4 is 44.0 Å². The molecule has 0 fully saturated rings. The molecule has 1 aromatic carbocycles. The number of carbonyl (C=O) groups is 1. The fourth-order valence-electron chi connectivity index (χ4n) is 1.79. The summed E-state index contributed by atoms with van der Waals surface area (Å²) in [6.07, 6.45) is 0. The summed E-state index contributed by atoms with van der Waals surface area (Å²) < 4.78 is 1.04. The van der Waals surface area contributed by atoms with E-state index in [2.05, 4.69) is 26.2 Å². The normalized spacial score (nSPS) is 10.3. The summed E-state index contributed by atoms with van der Waals surface area (Å²) in [5.74, 6) is 0.0216. The van der Waals surface area contributed by atoms with Crippen molar-refractivity contribution in [3.05, 3.63) is 39.8 Å². The third kappa shape index (κ3) is 3.80. The van der Waals surface area contributed by atoms with Gasteiger partial charge in [0.15, 0.2) is 5.13 Å². The number of nitrogens with zero attached hydrogens (tertiary/aromatic N) is 2. The van der Waals surface area contributed by atoms with Crippen LogP contribution in [0.4, 0.5) is 10.8 Å². The first kappa shape index (κ1) is 15.0. The second-order valence-electron chi connectivity index (χ2n) is 4.25. The zero-order valence-corrected chi connectivity index (χ0v) is 13.8. The molecule has 106 valence electrons. The Morgan fingerprint density at radius 1 is 1.50 bits per heavy atom. The van der Waals surface area contributed by atoms with E-state index in [9.17, 15) is 4.79 Å². The van der Waals surface area contributed by atoms with Crippen LogP contribution in [0.5, 0.6) is 0 Å². The standard InChI is InChI=1S/C14H16BrN3OS/c1-3-18(10(2)19)14-17-13(9-20-14)8-16-12-6-4-5-11(15)7-12/h4-7,9,16H,3,8H2,1-2H3. The molecule has 0 unspecified atom stereocenters. The number of carbonyl (C=O) groups excluding carboxylic acids is 1. The maximum atomic E-state index is 11.5. The molecule has 2 rings (SSSR count). The number of rotatable bonds is 5. The van der Waals surface area contributed by atoms with E-state index in [1.807, 2.05) is 36.6 Å². The molecule has 1 amide bonds. The first-order chi connectivity index (χ1) is 9.60. The van der Waals surface area contributed by atoms with Gasteiger partial charge >= 0.3 is 0 Å². The highest BCUT2D eigenvalue weighted by Crippen LogP contribution is 2.22. The van der Waals surface area contributed by atoms with Gasteiger partial charge in [0, 0.05) is 29.0 Å². The molecule has 0 bridgehead atoms. The van der Waals surface area contributed by atoms with Crippen molar-refractivity contribution < 1.29 is 4.79 Å². The highest BCUT2D eigenvalue weighted by Gasteiger charge is 2.13. The molecule has 4 nitrogen and oxygen atoms in total. The minimum absolute atomic E-state index is 0.0216. The van der Waals surface area contributed by atoms with Gasteiger partial charge in [-0.2, -0.15) is 0 Å². The lowest BCUT2D eigenvalue weighted by molar-refractivity contribution is -0.116. The molecule has 0 radical (unpaired) electrons. The van der Waals surface area contributed by atoms with Gasteiger partial charge in [0.1, 0.15) is 0 Å². The van der Waals surface area contributed by atoms with Crippen LogP contribution in [0.25, 0.3) is 0 Å². The number of hydrogen-bond donors (Lipinski definition) is 1. The molecule has 0 atom stereocenters. The second kappa shape index (κ2) is 6.85. The van der Waals surface area contributed by atoms with E-state index in [1.54, 1.807) is 11.8 Å². The van der Waals surface area contributed by atoms with Gasteiger partial charge < -0.3 is 5.32 Å². The Labute approximate surface area is 131 Å². The summed E-state index contributed by atoms with van der Waals surface area (Å²) >= 11 is 4.93. The lowest BCUT2D eigenvalue weighted by Crippen LogP contribution is -2.27. The van der Waals surface area contributed by atoms with E-state index in [-0.39, 0.29) is 5.91 Å². The number of nitrogens with one attached hydrogen (secondary N) is 1. The average molecular weight is 354 g/mol. The number of anilines is 2. The van der Waals surface area contributed by atoms with Crippen LogP contribution in [-0.4, -0.2) is 17.4 Å². The van der Waals surface area contributed by atoms with Crippen molar-refractivity contribution in [3.63, 3.8) is 0 Å². The number of thiazole rings is 1. The van der Waals surface area contributed by atoms with E-state index < -0.39 is 0 Å². The van der Waals surface area contributed by atoms with Crippen molar-refractivity contribution in [2.75, 3.05) is 16.8 Å². The van der Waals surface area contributed by atoms with Gasteiger partial charge in [-0.1, -0.05) is 22.0 Å². The van der Waals surface area contributed by atoms with Crippen LogP contribution in [-0.2, 0) is 11.3 Å². The summed E-state index contributed by atoms with van der Waals surface area (Å²) in [5, 5.41) is 6.05. The Balaban J connectivity index is 2.01. The van der Waals surface area contributed by atoms with E-state index >= 15 is 0 Å². The minimum atomic E-state index is 0.0216. The first-order valence-electron chi connectivity index (χ1n) is 6.32. The summed E-state index contributed by atoms with van der Waals surface area (Å²) in [7, 11) is 0. The molecule has 1 aromatic heterocycles. The van der Waals surface area contributed by atoms with Crippen molar-refractivity contribution in [2.45, 2.75) is 20.4 Å². The first-order valence-corrected chi connectivity index (χ1v) is 7.99. The van der Waals surface area contributed by atoms with E-state index in [0.29, 0.717) is 13.1 Å². The Bertz CT molecular complexity index is 600. The van der Waals surface area contributed by atoms with Gasteiger partial charge in [-0.15, -0.1) is 11.3 Å². The van der Waals surface area contributed by atoms with Gasteiger partial charge in [0.2, 0.25) is 5.91 Å². The molecule has 0 aliphatic rings. The van der Waals surface area contributed by atoms with Gasteiger partial charge in [-0.25, -0.2) is 4.98 Å². The molecular formula is C14H16BrN3OS. The Morgan fingerprint density at radius 2 is 2.30 bits per heavy atom. The van der Waals surface area contributed by atoms with Crippen molar-refractivity contribution in [1.82, 2.24) is 4.98 Å². The smallest absolute Gasteiger partial charge is 0.225 e. The van der Waals surface area contributed by atoms with Gasteiger partial charge in [0.05, 0.1) is 12.2 Å². The van der Waals surface area contributed by atoms with E-state index in [0.717, 1.165) is 21.0 Å². The van der Waals surface area contributed by atoms with Crippen LogP contribution >= 0.6 is 27.3 Å². The highest BCUT2D eigenvalue weighted by molar-refractivity contribution is 9.10. The maximum Gasteiger partial charge on any atom is 0.225 e. The molecule has 0 aliphatic carbocycles. The Hall–Kier alpha value is -1.40. The molecule has 0 saturated carbocycles. The lowest BCUT2D eigenvalue weighted by atomic mass is 10.3. The van der Waals surface area contributed by atoms with Crippen LogP contribution in [0.15, 0.2) is 34.1 Å². The van der Waals surface area contributed by atoms with Crippen LogP contribution in [0.3, 0.4) is 0 Å². The topological polar surface area (TPSA) is 45.2 Å². The highest BCUT2D eigenvalue weighted by atomic mass is 79.9. The average Bonchev–Trinajstić information content (AvgIpc) is 2.85. The predicted octanol–water partition coefficient (Wildman–Crippen LogP) is 3.89. The quantitative estimate of drug-likeness (QED) is 0.886. The third-order valence-electron chi connectivity index (χ3n) is 2.77. The molecule has 1 heterocycles. The molecule has 6 heteroatoms. The molecule has 2 aromatic rings. The number of amides is 1. The molecule has 0 saturated heterocycles. The zero-order chi connectivity index (χ0) is 14.5. The summed E-state index contributed by atoms with van der Waals surface area (Å²) in [6.45, 7) is 4.79. The Morgan fingerprint density at radius 3 is 2.95 bits per heavy atom. The van der Waals surface area contributed by atoms with Crippen LogP contribution in [0.2, 0.25) is 0 Å². The predicted molar refractivity (Wildman–Crippen MR) is 87.3 cm³/mol. The van der Waals surface area contributed by atoms with Gasteiger partial charge in [-0.3, -0.25) is 9.69 Å². The largest absolute Gasteiger partial charge is 0.379 e. The molecular weight excluding hydrogens is 338 g/mol. The van der Waals surface area contributed by atoms with Crippen molar-refractivity contribution in [2.24, 2.45) is 0 Å². The number of benzene rings is 1. The van der Waals surface area contributed by atoms with Gasteiger partial charge in [0.25, 0.3) is 0 Å². The summed E-state index contributed by atoms with van der Waals surface area (Å²) in [4.78, 5) is 17.6. The lowest BCUT2D eigenvalue weighted by Gasteiger charge is -2.14. The minimum Gasteiger partial charge on any atom is -0.379 e. The van der Waals surface area contributed by atoms with Crippen LogP contribution in [0, 0.1) is 0 Å². The van der Waals surface area contributed by atoms with Crippen LogP contribution in [0.1, 0.15) is 19.5 Å². The molecule has 1 N–H and O–H groups in total. The maximum absolute atomic E-state index is 11.5. The van der Waals surface area contributed by atoms with Crippen molar-refractivity contribution in [1.29, 1.82) is 0 Å².